The summed E-state index contributed by atoms with van der Waals surface area (Å²) in [6, 6.07) is 10.3. The van der Waals surface area contributed by atoms with Crippen LogP contribution in [0.1, 0.15) is 40.0 Å². The Bertz CT molecular complexity index is 434. The Morgan fingerprint density at radius 1 is 1.20 bits per heavy atom. The smallest absolute Gasteiger partial charge is 0.0579 e. The number of rotatable bonds is 5. The lowest BCUT2D eigenvalue weighted by molar-refractivity contribution is 0.246. The summed E-state index contributed by atoms with van der Waals surface area (Å²) in [5.41, 5.74) is 0. The Labute approximate surface area is 125 Å². The van der Waals surface area contributed by atoms with Gasteiger partial charge in [-0.1, -0.05) is 39.0 Å². The van der Waals surface area contributed by atoms with Gasteiger partial charge in [0.05, 0.1) is 16.0 Å². The van der Waals surface area contributed by atoms with E-state index in [1.165, 1.54) is 6.42 Å². The molecular formula is C17H27NOS. The third kappa shape index (κ3) is 3.70. The number of nitrogens with one attached hydrogen (secondary N) is 1. The van der Waals surface area contributed by atoms with Crippen LogP contribution in [0.5, 0.6) is 0 Å². The minimum atomic E-state index is -0.911. The molecule has 0 bridgehead atoms. The van der Waals surface area contributed by atoms with Crippen LogP contribution >= 0.6 is 0 Å². The molecule has 5 atom stereocenters. The first-order valence-electron chi connectivity index (χ1n) is 7.82. The van der Waals surface area contributed by atoms with Gasteiger partial charge in [0.2, 0.25) is 0 Å². The van der Waals surface area contributed by atoms with Crippen LogP contribution in [0.4, 0.5) is 0 Å². The molecule has 2 rings (SSSR count). The van der Waals surface area contributed by atoms with Crippen molar-refractivity contribution in [2.45, 2.75) is 56.2 Å². The van der Waals surface area contributed by atoms with Crippen molar-refractivity contribution in [3.63, 3.8) is 0 Å². The summed E-state index contributed by atoms with van der Waals surface area (Å²) in [7, 11) is -0.911. The largest absolute Gasteiger partial charge is 0.313 e. The first-order valence-corrected chi connectivity index (χ1v) is 9.03. The molecule has 0 heterocycles. The predicted molar refractivity (Wildman–Crippen MR) is 86.3 cm³/mol. The molecule has 0 amide bonds. The molecule has 1 aliphatic carbocycles. The molecule has 0 saturated heterocycles. The highest BCUT2D eigenvalue weighted by atomic mass is 32.2. The van der Waals surface area contributed by atoms with Crippen LogP contribution in [0, 0.1) is 11.8 Å². The zero-order valence-corrected chi connectivity index (χ0v) is 13.7. The number of hydrogen-bond acceptors (Lipinski definition) is 2. The minimum absolute atomic E-state index is 0.236. The quantitative estimate of drug-likeness (QED) is 0.899. The van der Waals surface area contributed by atoms with Crippen molar-refractivity contribution in [2.24, 2.45) is 11.8 Å². The summed E-state index contributed by atoms with van der Waals surface area (Å²) in [4.78, 5) is 0.974. The van der Waals surface area contributed by atoms with Crippen molar-refractivity contribution < 1.29 is 4.21 Å². The lowest BCUT2D eigenvalue weighted by Crippen LogP contribution is -2.50. The van der Waals surface area contributed by atoms with Crippen molar-refractivity contribution >= 4 is 10.8 Å². The van der Waals surface area contributed by atoms with Crippen LogP contribution in [0.3, 0.4) is 0 Å². The topological polar surface area (TPSA) is 29.1 Å². The Balaban J connectivity index is 2.18. The third-order valence-corrected chi connectivity index (χ3v) is 6.29. The summed E-state index contributed by atoms with van der Waals surface area (Å²) in [5, 5.41) is 3.88. The molecule has 1 fully saturated rings. The first kappa shape index (κ1) is 15.7. The van der Waals surface area contributed by atoms with Crippen molar-refractivity contribution in [2.75, 3.05) is 6.54 Å². The molecule has 0 spiro atoms. The van der Waals surface area contributed by atoms with E-state index in [9.17, 15) is 4.21 Å². The van der Waals surface area contributed by atoms with Gasteiger partial charge in [-0.15, -0.1) is 0 Å². The van der Waals surface area contributed by atoms with Gasteiger partial charge < -0.3 is 5.32 Å². The van der Waals surface area contributed by atoms with Gasteiger partial charge in [0, 0.05) is 10.9 Å². The fourth-order valence-corrected chi connectivity index (χ4v) is 5.21. The predicted octanol–water partition coefficient (Wildman–Crippen LogP) is 3.60. The maximum absolute atomic E-state index is 13.0. The van der Waals surface area contributed by atoms with E-state index < -0.39 is 10.8 Å². The van der Waals surface area contributed by atoms with Crippen LogP contribution in [0.2, 0.25) is 0 Å². The van der Waals surface area contributed by atoms with Crippen molar-refractivity contribution in [3.05, 3.63) is 30.3 Å². The van der Waals surface area contributed by atoms with Gasteiger partial charge in [0.15, 0.2) is 0 Å². The molecule has 1 saturated carbocycles. The van der Waals surface area contributed by atoms with Gasteiger partial charge in [0.25, 0.3) is 0 Å². The van der Waals surface area contributed by atoms with Crippen LogP contribution < -0.4 is 5.32 Å². The summed E-state index contributed by atoms with van der Waals surface area (Å²) >= 11 is 0. The zero-order valence-electron chi connectivity index (χ0n) is 12.8. The van der Waals surface area contributed by atoms with E-state index in [4.69, 9.17) is 0 Å². The maximum atomic E-state index is 13.0. The average Bonchev–Trinajstić information content (AvgIpc) is 2.45. The Morgan fingerprint density at radius 3 is 2.55 bits per heavy atom. The monoisotopic (exact) mass is 293 g/mol. The van der Waals surface area contributed by atoms with E-state index in [2.05, 4.69) is 26.1 Å². The first-order chi connectivity index (χ1) is 9.63. The van der Waals surface area contributed by atoms with Crippen LogP contribution in [0.15, 0.2) is 35.2 Å². The molecule has 5 unspecified atom stereocenters. The Morgan fingerprint density at radius 2 is 1.90 bits per heavy atom. The highest BCUT2D eigenvalue weighted by Crippen LogP contribution is 2.34. The molecule has 0 radical (unpaired) electrons. The molecule has 1 aliphatic rings. The third-order valence-electron chi connectivity index (χ3n) is 4.27. The second kappa shape index (κ2) is 7.37. The standard InChI is InChI=1S/C17H27NOS/c1-4-10-18-16-12-13(2)11-14(3)17(16)20(19)15-8-6-5-7-9-15/h5-9,13-14,16-18H,4,10-12H2,1-3H3. The molecule has 1 aromatic carbocycles. The maximum Gasteiger partial charge on any atom is 0.0579 e. The summed E-state index contributed by atoms with van der Waals surface area (Å²) in [5.74, 6) is 1.23. The second-order valence-electron chi connectivity index (χ2n) is 6.19. The van der Waals surface area contributed by atoms with Crippen molar-refractivity contribution in [1.82, 2.24) is 5.32 Å². The zero-order chi connectivity index (χ0) is 14.5. The molecule has 1 aromatic rings. The van der Waals surface area contributed by atoms with Gasteiger partial charge in [-0.3, -0.25) is 4.21 Å². The molecule has 3 heteroatoms. The molecular weight excluding hydrogens is 266 g/mol. The highest BCUT2D eigenvalue weighted by Gasteiger charge is 2.37. The van der Waals surface area contributed by atoms with Crippen molar-refractivity contribution in [1.29, 1.82) is 0 Å². The number of benzene rings is 1. The van der Waals surface area contributed by atoms with Gasteiger partial charge in [-0.25, -0.2) is 0 Å². The molecule has 2 nitrogen and oxygen atoms in total. The van der Waals surface area contributed by atoms with E-state index >= 15 is 0 Å². The van der Waals surface area contributed by atoms with E-state index in [0.717, 1.165) is 30.2 Å². The normalized spacial score (nSPS) is 31.9. The van der Waals surface area contributed by atoms with E-state index in [1.807, 2.05) is 30.3 Å². The molecule has 0 aliphatic heterocycles. The summed E-state index contributed by atoms with van der Waals surface area (Å²) in [6.07, 6.45) is 3.46. The van der Waals surface area contributed by atoms with E-state index in [1.54, 1.807) is 0 Å². The SMILES string of the molecule is CCCNC1CC(C)CC(C)C1S(=O)c1ccccc1. The fraction of sp³-hybridized carbons (Fsp3) is 0.647. The van der Waals surface area contributed by atoms with Crippen molar-refractivity contribution in [3.8, 4) is 0 Å². The minimum Gasteiger partial charge on any atom is -0.313 e. The van der Waals surface area contributed by atoms with Crippen LogP contribution in [-0.2, 0) is 10.8 Å². The highest BCUT2D eigenvalue weighted by molar-refractivity contribution is 7.85. The summed E-state index contributed by atoms with van der Waals surface area (Å²) in [6.45, 7) is 7.79. The van der Waals surface area contributed by atoms with Gasteiger partial charge in [-0.05, 0) is 49.8 Å². The Hall–Kier alpha value is -0.670. The second-order valence-corrected chi connectivity index (χ2v) is 7.80. The molecule has 1 N–H and O–H groups in total. The van der Waals surface area contributed by atoms with E-state index in [0.29, 0.717) is 12.0 Å². The lowest BCUT2D eigenvalue weighted by atomic mass is 9.80. The van der Waals surface area contributed by atoms with E-state index in [-0.39, 0.29) is 5.25 Å². The Kier molecular flexibility index (Phi) is 5.79. The van der Waals surface area contributed by atoms with Gasteiger partial charge in [0.1, 0.15) is 0 Å². The van der Waals surface area contributed by atoms with Crippen LogP contribution in [-0.4, -0.2) is 22.0 Å². The molecule has 20 heavy (non-hydrogen) atoms. The summed E-state index contributed by atoms with van der Waals surface area (Å²) < 4.78 is 13.0. The molecule has 112 valence electrons. The van der Waals surface area contributed by atoms with Gasteiger partial charge in [-0.2, -0.15) is 0 Å². The fourth-order valence-electron chi connectivity index (χ4n) is 3.43. The molecule has 0 aromatic heterocycles. The van der Waals surface area contributed by atoms with Gasteiger partial charge >= 0.3 is 0 Å². The average molecular weight is 293 g/mol. The lowest BCUT2D eigenvalue weighted by Gasteiger charge is -2.39. The van der Waals surface area contributed by atoms with Crippen LogP contribution in [0.25, 0.3) is 0 Å². The number of hydrogen-bond donors (Lipinski definition) is 1.